The van der Waals surface area contributed by atoms with E-state index in [1.54, 1.807) is 13.0 Å². The first-order valence-electron chi connectivity index (χ1n) is 10.6. The molecule has 4 rings (SSSR count). The summed E-state index contributed by atoms with van der Waals surface area (Å²) in [6, 6.07) is 12.4. The average molecular weight is 458 g/mol. The van der Waals surface area contributed by atoms with Crippen molar-refractivity contribution in [3.8, 4) is 0 Å². The Morgan fingerprint density at radius 2 is 1.81 bits per heavy atom. The quantitative estimate of drug-likeness (QED) is 0.549. The van der Waals surface area contributed by atoms with Crippen LogP contribution in [0.15, 0.2) is 53.4 Å². The highest BCUT2D eigenvalue weighted by Gasteiger charge is 2.38. The lowest BCUT2D eigenvalue weighted by molar-refractivity contribution is 0.235. The highest BCUT2D eigenvalue weighted by atomic mass is 32.2. The van der Waals surface area contributed by atoms with Crippen molar-refractivity contribution >= 4 is 27.8 Å². The summed E-state index contributed by atoms with van der Waals surface area (Å²) in [5.74, 6) is 0. The Morgan fingerprint density at radius 1 is 1.09 bits per heavy atom. The molecule has 0 saturated carbocycles. The molecule has 4 N–H and O–H groups in total. The van der Waals surface area contributed by atoms with Crippen LogP contribution in [0.3, 0.4) is 0 Å². The number of carbonyl (C=O) groups excluding carboxylic acids is 2. The minimum atomic E-state index is -4.03. The van der Waals surface area contributed by atoms with Crippen LogP contribution in [-0.2, 0) is 10.0 Å². The van der Waals surface area contributed by atoms with Crippen LogP contribution in [0.2, 0.25) is 0 Å². The van der Waals surface area contributed by atoms with Gasteiger partial charge in [-0.2, -0.15) is 0 Å². The van der Waals surface area contributed by atoms with Gasteiger partial charge in [-0.3, -0.25) is 0 Å². The van der Waals surface area contributed by atoms with Crippen molar-refractivity contribution in [1.82, 2.24) is 20.3 Å². The molecule has 0 unspecified atom stereocenters. The minimum absolute atomic E-state index is 0.00294. The Hall–Kier alpha value is -3.11. The Kier molecular flexibility index (Phi) is 6.33. The molecule has 0 radical (unpaired) electrons. The number of amides is 4. The Morgan fingerprint density at radius 3 is 2.50 bits per heavy atom. The van der Waals surface area contributed by atoms with E-state index in [4.69, 9.17) is 0 Å². The van der Waals surface area contributed by atoms with Gasteiger partial charge in [-0.15, -0.1) is 0 Å². The summed E-state index contributed by atoms with van der Waals surface area (Å²) in [6.07, 6.45) is 1.73. The summed E-state index contributed by atoms with van der Waals surface area (Å²) in [5, 5.41) is 11.7. The lowest BCUT2D eigenvalue weighted by atomic mass is 10.1. The molecule has 2 aromatic rings. The molecular weight excluding hydrogens is 430 g/mol. The number of carbonyl (C=O) groups is 2. The predicted molar refractivity (Wildman–Crippen MR) is 121 cm³/mol. The molecule has 32 heavy (non-hydrogen) atoms. The Labute approximate surface area is 187 Å². The van der Waals surface area contributed by atoms with Crippen LogP contribution in [0.25, 0.3) is 0 Å². The van der Waals surface area contributed by atoms with Crippen molar-refractivity contribution in [2.45, 2.75) is 36.7 Å². The standard InChI is InChI=1S/C22H27N5O4S/c1-15-13-18(7-8-19(15)25-21(28)24-17-9-11-23-12-10-17)32(30,31)27-14-20(26-22(27)29)16-5-3-2-4-6-16/h2-8,13,17,20,23H,9-12,14H2,1H3,(H,26,29)(H2,24,25,28)/t20-/m1/s1. The van der Waals surface area contributed by atoms with Gasteiger partial charge in [0.25, 0.3) is 10.0 Å². The average Bonchev–Trinajstić information content (AvgIpc) is 3.19. The van der Waals surface area contributed by atoms with Crippen LogP contribution < -0.4 is 21.3 Å². The second-order valence-electron chi connectivity index (χ2n) is 8.05. The van der Waals surface area contributed by atoms with Gasteiger partial charge in [0.05, 0.1) is 17.5 Å². The predicted octanol–water partition coefficient (Wildman–Crippen LogP) is 2.32. The summed E-state index contributed by atoms with van der Waals surface area (Å²) in [4.78, 5) is 24.7. The highest BCUT2D eigenvalue weighted by Crippen LogP contribution is 2.28. The number of anilines is 1. The molecule has 2 heterocycles. The van der Waals surface area contributed by atoms with Crippen molar-refractivity contribution in [3.63, 3.8) is 0 Å². The zero-order chi connectivity index (χ0) is 22.7. The minimum Gasteiger partial charge on any atom is -0.335 e. The lowest BCUT2D eigenvalue weighted by Gasteiger charge is -2.24. The summed E-state index contributed by atoms with van der Waals surface area (Å²) < 4.78 is 27.1. The number of piperidine rings is 1. The van der Waals surface area contributed by atoms with Gasteiger partial charge in [-0.25, -0.2) is 22.3 Å². The molecule has 0 aliphatic carbocycles. The smallest absolute Gasteiger partial charge is 0.331 e. The van der Waals surface area contributed by atoms with E-state index in [0.717, 1.165) is 35.8 Å². The first-order chi connectivity index (χ1) is 15.3. The van der Waals surface area contributed by atoms with Crippen molar-refractivity contribution in [3.05, 3.63) is 59.7 Å². The van der Waals surface area contributed by atoms with Crippen LogP contribution in [0.5, 0.6) is 0 Å². The maximum atomic E-state index is 13.1. The molecule has 1 atom stereocenters. The van der Waals surface area contributed by atoms with Gasteiger partial charge in [-0.05, 0) is 62.2 Å². The number of aryl methyl sites for hydroxylation is 1. The highest BCUT2D eigenvalue weighted by molar-refractivity contribution is 7.89. The zero-order valence-electron chi connectivity index (χ0n) is 17.8. The van der Waals surface area contributed by atoms with Crippen LogP contribution in [0.4, 0.5) is 15.3 Å². The Bertz CT molecular complexity index is 1100. The number of benzene rings is 2. The van der Waals surface area contributed by atoms with Gasteiger partial charge in [0.1, 0.15) is 0 Å². The summed E-state index contributed by atoms with van der Waals surface area (Å²) in [7, 11) is -4.03. The SMILES string of the molecule is Cc1cc(S(=O)(=O)N2C[C@H](c3ccccc3)NC2=O)ccc1NC(=O)NC1CCNCC1. The Balaban J connectivity index is 1.45. The normalized spacial score (nSPS) is 19.5. The molecule has 10 heteroatoms. The van der Waals surface area contributed by atoms with E-state index in [0.29, 0.717) is 11.3 Å². The third-order valence-corrected chi connectivity index (χ3v) is 7.53. The van der Waals surface area contributed by atoms with E-state index >= 15 is 0 Å². The number of sulfonamides is 1. The van der Waals surface area contributed by atoms with Crippen LogP contribution >= 0.6 is 0 Å². The van der Waals surface area contributed by atoms with E-state index in [1.807, 2.05) is 30.3 Å². The molecule has 2 fully saturated rings. The fourth-order valence-corrected chi connectivity index (χ4v) is 5.41. The second kappa shape index (κ2) is 9.17. The molecule has 2 saturated heterocycles. The molecule has 2 aromatic carbocycles. The van der Waals surface area contributed by atoms with Crippen molar-refractivity contribution in [1.29, 1.82) is 0 Å². The third-order valence-electron chi connectivity index (χ3n) is 5.78. The van der Waals surface area contributed by atoms with Crippen LogP contribution in [0.1, 0.15) is 30.0 Å². The van der Waals surface area contributed by atoms with E-state index in [9.17, 15) is 18.0 Å². The molecule has 0 spiro atoms. The number of hydrogen-bond donors (Lipinski definition) is 4. The van der Waals surface area contributed by atoms with Crippen molar-refractivity contribution in [2.75, 3.05) is 25.0 Å². The lowest BCUT2D eigenvalue weighted by Crippen LogP contribution is -2.44. The van der Waals surface area contributed by atoms with Crippen molar-refractivity contribution in [2.24, 2.45) is 0 Å². The summed E-state index contributed by atoms with van der Waals surface area (Å²) in [5.41, 5.74) is 1.95. The first-order valence-corrected chi connectivity index (χ1v) is 12.1. The van der Waals surface area contributed by atoms with E-state index < -0.39 is 22.1 Å². The molecule has 4 amide bonds. The van der Waals surface area contributed by atoms with Gasteiger partial charge in [0.15, 0.2) is 0 Å². The fourth-order valence-electron chi connectivity index (χ4n) is 3.97. The number of rotatable bonds is 5. The zero-order valence-corrected chi connectivity index (χ0v) is 18.6. The largest absolute Gasteiger partial charge is 0.335 e. The number of hydrogen-bond acceptors (Lipinski definition) is 5. The third kappa shape index (κ3) is 4.71. The molecule has 2 aliphatic heterocycles. The molecule has 9 nitrogen and oxygen atoms in total. The molecule has 0 bridgehead atoms. The van der Waals surface area contributed by atoms with Gasteiger partial charge in [-0.1, -0.05) is 30.3 Å². The fraction of sp³-hybridized carbons (Fsp3) is 0.364. The van der Waals surface area contributed by atoms with Crippen LogP contribution in [0, 0.1) is 6.92 Å². The van der Waals surface area contributed by atoms with Gasteiger partial charge >= 0.3 is 12.1 Å². The molecule has 2 aliphatic rings. The number of urea groups is 2. The van der Waals surface area contributed by atoms with Gasteiger partial charge in [0, 0.05) is 11.7 Å². The first kappa shape index (κ1) is 22.1. The molecule has 0 aromatic heterocycles. The summed E-state index contributed by atoms with van der Waals surface area (Å²) >= 11 is 0. The number of nitrogens with one attached hydrogen (secondary N) is 4. The summed E-state index contributed by atoms with van der Waals surface area (Å²) in [6.45, 7) is 3.47. The van der Waals surface area contributed by atoms with Crippen LogP contribution in [-0.4, -0.2) is 50.5 Å². The maximum absolute atomic E-state index is 13.1. The topological polar surface area (TPSA) is 120 Å². The van der Waals surface area contributed by atoms with E-state index in [2.05, 4.69) is 21.3 Å². The molecular formula is C22H27N5O4S. The second-order valence-corrected chi connectivity index (χ2v) is 9.91. The van der Waals surface area contributed by atoms with Gasteiger partial charge in [0.2, 0.25) is 0 Å². The van der Waals surface area contributed by atoms with Crippen molar-refractivity contribution < 1.29 is 18.0 Å². The van der Waals surface area contributed by atoms with E-state index in [-0.39, 0.29) is 23.5 Å². The monoisotopic (exact) mass is 457 g/mol. The van der Waals surface area contributed by atoms with E-state index in [1.165, 1.54) is 12.1 Å². The number of nitrogens with zero attached hydrogens (tertiary/aromatic N) is 1. The maximum Gasteiger partial charge on any atom is 0.331 e. The van der Waals surface area contributed by atoms with Gasteiger partial charge < -0.3 is 21.3 Å². The molecule has 170 valence electrons.